The molecule has 0 fully saturated rings. The van der Waals surface area contributed by atoms with Crippen molar-refractivity contribution in [2.24, 2.45) is 0 Å². The van der Waals surface area contributed by atoms with Crippen LogP contribution in [-0.2, 0) is 4.79 Å². The molecule has 0 aliphatic carbocycles. The molecule has 88 valence electrons. The lowest BCUT2D eigenvalue weighted by atomic mass is 10.1. The van der Waals surface area contributed by atoms with Crippen LogP contribution in [0.2, 0.25) is 0 Å². The summed E-state index contributed by atoms with van der Waals surface area (Å²) in [6.07, 6.45) is 0.931. The van der Waals surface area contributed by atoms with Crippen LogP contribution >= 0.6 is 11.6 Å². The molecule has 1 aromatic rings. The summed E-state index contributed by atoms with van der Waals surface area (Å²) in [7, 11) is 1.80. The number of hydrogen-bond acceptors (Lipinski definition) is 1. The van der Waals surface area contributed by atoms with Crippen LogP contribution in [0.3, 0.4) is 0 Å². The van der Waals surface area contributed by atoms with Gasteiger partial charge in [0.2, 0.25) is 5.91 Å². The molecule has 0 heterocycles. The number of alkyl halides is 1. The highest BCUT2D eigenvalue weighted by Crippen LogP contribution is 2.23. The van der Waals surface area contributed by atoms with Crippen LogP contribution in [0, 0.1) is 0 Å². The van der Waals surface area contributed by atoms with Crippen LogP contribution in [0.4, 0.5) is 0 Å². The summed E-state index contributed by atoms with van der Waals surface area (Å²) in [6, 6.07) is 9.66. The standard InChI is InChI=1S/C13H18ClNO/c1-4-10(2)15(3)13(16)12(14)11-8-6-5-7-9-11/h5-10,12H,4H2,1-3H3. The smallest absolute Gasteiger partial charge is 0.245 e. The highest BCUT2D eigenvalue weighted by molar-refractivity contribution is 6.30. The third-order valence-electron chi connectivity index (χ3n) is 2.91. The van der Waals surface area contributed by atoms with Crippen LogP contribution in [0.1, 0.15) is 31.2 Å². The highest BCUT2D eigenvalue weighted by Gasteiger charge is 2.23. The van der Waals surface area contributed by atoms with Crippen LogP contribution in [0.5, 0.6) is 0 Å². The second-order valence-electron chi connectivity index (χ2n) is 3.98. The molecule has 0 spiro atoms. The molecule has 1 rings (SSSR count). The molecule has 0 bridgehead atoms. The first-order chi connectivity index (χ1) is 7.57. The van der Waals surface area contributed by atoms with Crippen LogP contribution in [-0.4, -0.2) is 23.9 Å². The van der Waals surface area contributed by atoms with E-state index in [1.807, 2.05) is 37.3 Å². The van der Waals surface area contributed by atoms with E-state index >= 15 is 0 Å². The molecule has 0 aliphatic heterocycles. The number of nitrogens with zero attached hydrogens (tertiary/aromatic N) is 1. The Morgan fingerprint density at radius 2 is 1.94 bits per heavy atom. The fourth-order valence-electron chi connectivity index (χ4n) is 1.43. The van der Waals surface area contributed by atoms with Crippen molar-refractivity contribution in [1.29, 1.82) is 0 Å². The van der Waals surface area contributed by atoms with Crippen molar-refractivity contribution >= 4 is 17.5 Å². The first-order valence-electron chi connectivity index (χ1n) is 5.53. The number of likely N-dealkylation sites (N-methyl/N-ethyl adjacent to an activating group) is 1. The summed E-state index contributed by atoms with van der Waals surface area (Å²) in [5.74, 6) is -0.0396. The Balaban J connectivity index is 2.75. The average Bonchev–Trinajstić information content (AvgIpc) is 2.36. The molecule has 16 heavy (non-hydrogen) atoms. The van der Waals surface area contributed by atoms with Crippen LogP contribution in [0.15, 0.2) is 30.3 Å². The Hall–Kier alpha value is -1.02. The second-order valence-corrected chi connectivity index (χ2v) is 4.42. The Bertz CT molecular complexity index is 339. The van der Waals surface area contributed by atoms with Gasteiger partial charge in [-0.1, -0.05) is 37.3 Å². The van der Waals surface area contributed by atoms with Crippen molar-refractivity contribution in [3.8, 4) is 0 Å². The van der Waals surface area contributed by atoms with Gasteiger partial charge in [0.25, 0.3) is 0 Å². The number of amides is 1. The zero-order chi connectivity index (χ0) is 12.1. The minimum atomic E-state index is -0.583. The minimum absolute atomic E-state index is 0.0396. The molecule has 0 aliphatic rings. The Kier molecular flexibility index (Phi) is 4.81. The van der Waals surface area contributed by atoms with Gasteiger partial charge in [0, 0.05) is 13.1 Å². The van der Waals surface area contributed by atoms with Crippen molar-refractivity contribution < 1.29 is 4.79 Å². The van der Waals surface area contributed by atoms with Gasteiger partial charge in [0.1, 0.15) is 5.38 Å². The maximum absolute atomic E-state index is 12.0. The lowest BCUT2D eigenvalue weighted by Crippen LogP contribution is -2.36. The SMILES string of the molecule is CCC(C)N(C)C(=O)C(Cl)c1ccccc1. The van der Waals surface area contributed by atoms with Crippen molar-refractivity contribution in [2.75, 3.05) is 7.05 Å². The number of rotatable bonds is 4. The summed E-state index contributed by atoms with van der Waals surface area (Å²) < 4.78 is 0. The Morgan fingerprint density at radius 1 is 1.38 bits per heavy atom. The zero-order valence-electron chi connectivity index (χ0n) is 9.98. The van der Waals surface area contributed by atoms with E-state index in [2.05, 4.69) is 6.92 Å². The van der Waals surface area contributed by atoms with E-state index in [0.29, 0.717) is 0 Å². The molecular formula is C13H18ClNO. The van der Waals surface area contributed by atoms with Crippen molar-refractivity contribution in [1.82, 2.24) is 4.90 Å². The molecule has 2 nitrogen and oxygen atoms in total. The van der Waals surface area contributed by atoms with E-state index in [1.54, 1.807) is 11.9 Å². The topological polar surface area (TPSA) is 20.3 Å². The molecule has 0 saturated carbocycles. The maximum Gasteiger partial charge on any atom is 0.245 e. The first-order valence-corrected chi connectivity index (χ1v) is 5.97. The van der Waals surface area contributed by atoms with Crippen molar-refractivity contribution in [3.63, 3.8) is 0 Å². The zero-order valence-corrected chi connectivity index (χ0v) is 10.7. The second kappa shape index (κ2) is 5.90. The summed E-state index contributed by atoms with van der Waals surface area (Å²) in [6.45, 7) is 4.08. The Labute approximate surface area is 102 Å². The first kappa shape index (κ1) is 13.0. The summed E-state index contributed by atoms with van der Waals surface area (Å²) in [5, 5.41) is -0.583. The van der Waals surface area contributed by atoms with Gasteiger partial charge < -0.3 is 4.90 Å². The molecule has 0 saturated heterocycles. The molecule has 1 aromatic carbocycles. The van der Waals surface area contributed by atoms with Crippen LogP contribution < -0.4 is 0 Å². The van der Waals surface area contributed by atoms with E-state index in [4.69, 9.17) is 11.6 Å². The largest absolute Gasteiger partial charge is 0.341 e. The molecule has 0 N–H and O–H groups in total. The summed E-state index contributed by atoms with van der Waals surface area (Å²) >= 11 is 6.16. The van der Waals surface area contributed by atoms with E-state index < -0.39 is 5.38 Å². The maximum atomic E-state index is 12.0. The fraction of sp³-hybridized carbons (Fsp3) is 0.462. The molecule has 2 atom stereocenters. The van der Waals surface area contributed by atoms with Gasteiger partial charge in [-0.3, -0.25) is 4.79 Å². The number of carbonyl (C=O) groups is 1. The van der Waals surface area contributed by atoms with Crippen LogP contribution in [0.25, 0.3) is 0 Å². The van der Waals surface area contributed by atoms with Gasteiger partial charge in [-0.15, -0.1) is 11.6 Å². The summed E-state index contributed by atoms with van der Waals surface area (Å²) in [5.41, 5.74) is 0.851. The summed E-state index contributed by atoms with van der Waals surface area (Å²) in [4.78, 5) is 13.8. The molecule has 1 amide bonds. The van der Waals surface area contributed by atoms with E-state index in [-0.39, 0.29) is 11.9 Å². The van der Waals surface area contributed by atoms with Gasteiger partial charge in [-0.05, 0) is 18.9 Å². The number of carbonyl (C=O) groups excluding carboxylic acids is 1. The molecular weight excluding hydrogens is 222 g/mol. The van der Waals surface area contributed by atoms with E-state index in [1.165, 1.54) is 0 Å². The molecule has 3 heteroatoms. The van der Waals surface area contributed by atoms with Gasteiger partial charge >= 0.3 is 0 Å². The quantitative estimate of drug-likeness (QED) is 0.739. The number of benzene rings is 1. The third-order valence-corrected chi connectivity index (χ3v) is 3.35. The van der Waals surface area contributed by atoms with Gasteiger partial charge in [-0.25, -0.2) is 0 Å². The van der Waals surface area contributed by atoms with Crippen molar-refractivity contribution in [3.05, 3.63) is 35.9 Å². The predicted octanol–water partition coefficient (Wildman–Crippen LogP) is 3.22. The number of halogens is 1. The minimum Gasteiger partial charge on any atom is -0.341 e. The van der Waals surface area contributed by atoms with E-state index in [0.717, 1.165) is 12.0 Å². The monoisotopic (exact) mass is 239 g/mol. The normalized spacial score (nSPS) is 14.2. The Morgan fingerprint density at radius 3 is 2.44 bits per heavy atom. The van der Waals surface area contributed by atoms with E-state index in [9.17, 15) is 4.79 Å². The average molecular weight is 240 g/mol. The van der Waals surface area contributed by atoms with Gasteiger partial charge in [-0.2, -0.15) is 0 Å². The molecule has 2 unspecified atom stereocenters. The highest BCUT2D eigenvalue weighted by atomic mass is 35.5. The lowest BCUT2D eigenvalue weighted by molar-refractivity contribution is -0.131. The number of hydrogen-bond donors (Lipinski definition) is 0. The van der Waals surface area contributed by atoms with Gasteiger partial charge in [0.15, 0.2) is 0 Å². The molecule has 0 aromatic heterocycles. The fourth-order valence-corrected chi connectivity index (χ4v) is 1.73. The predicted molar refractivity (Wildman–Crippen MR) is 67.6 cm³/mol. The molecule has 0 radical (unpaired) electrons. The third kappa shape index (κ3) is 2.99. The van der Waals surface area contributed by atoms with Crippen molar-refractivity contribution in [2.45, 2.75) is 31.7 Å². The lowest BCUT2D eigenvalue weighted by Gasteiger charge is -2.26. The van der Waals surface area contributed by atoms with Gasteiger partial charge in [0.05, 0.1) is 0 Å².